The van der Waals surface area contributed by atoms with E-state index in [4.69, 9.17) is 0 Å². The Bertz CT molecular complexity index is 186. The Morgan fingerprint density at radius 3 is 0.727 bits per heavy atom. The topological polar surface area (TPSA) is 0 Å². The van der Waals surface area contributed by atoms with Crippen LogP contribution in [0.2, 0.25) is 0 Å². The molecule has 0 aromatic carbocycles. The van der Waals surface area contributed by atoms with E-state index in [0.717, 1.165) is 11.8 Å². The van der Waals surface area contributed by atoms with Gasteiger partial charge in [-0.25, -0.2) is 0 Å². The monoisotopic (exact) mass is 312 g/mol. The predicted octanol–water partition coefficient (Wildman–Crippen LogP) is 8.50. The molecule has 0 spiro atoms. The van der Waals surface area contributed by atoms with Crippen molar-refractivity contribution in [1.82, 2.24) is 0 Å². The maximum absolute atomic E-state index is 2.28. The van der Waals surface area contributed by atoms with Gasteiger partial charge in [-0.3, -0.25) is 0 Å². The summed E-state index contributed by atoms with van der Waals surface area (Å²) in [6.07, 6.45) is 11.7. The highest BCUT2D eigenvalue weighted by Gasteiger charge is 2.11. The van der Waals surface area contributed by atoms with Crippen LogP contribution < -0.4 is 0 Å². The van der Waals surface area contributed by atoms with Crippen molar-refractivity contribution in [2.24, 2.45) is 22.7 Å². The summed E-state index contributed by atoms with van der Waals surface area (Å²) >= 11 is 0. The van der Waals surface area contributed by atoms with E-state index < -0.39 is 0 Å². The first kappa shape index (κ1) is 24.3. The Hall–Kier alpha value is 0. The molecule has 0 bridgehead atoms. The van der Waals surface area contributed by atoms with Crippen LogP contribution in [0.1, 0.15) is 121 Å². The molecule has 0 aromatic heterocycles. The quantitative estimate of drug-likeness (QED) is 0.479. The van der Waals surface area contributed by atoms with Crippen LogP contribution in [-0.2, 0) is 0 Å². The standard InChI is InChI=1S/2C8H18.C6H12/c2*1-7(2)6-8(3,4)5;1-2-4-6-5-3-1/h2*7H,6H2,1-5H3;1-6H2. The molecule has 0 amide bonds. The predicted molar refractivity (Wildman–Crippen MR) is 106 cm³/mol. The van der Waals surface area contributed by atoms with Crippen LogP contribution in [0, 0.1) is 22.7 Å². The van der Waals surface area contributed by atoms with Crippen LogP contribution >= 0.6 is 0 Å². The normalized spacial score (nSPS) is 15.8. The van der Waals surface area contributed by atoms with Crippen LogP contribution in [-0.4, -0.2) is 0 Å². The molecule has 0 aromatic rings. The summed E-state index contributed by atoms with van der Waals surface area (Å²) < 4.78 is 0. The zero-order chi connectivity index (χ0) is 17.8. The van der Waals surface area contributed by atoms with Crippen molar-refractivity contribution in [3.63, 3.8) is 0 Å². The van der Waals surface area contributed by atoms with Gasteiger partial charge in [0.1, 0.15) is 0 Å². The average molecular weight is 313 g/mol. The first-order valence-electron chi connectivity index (χ1n) is 9.83. The lowest BCUT2D eigenvalue weighted by Gasteiger charge is -2.20. The second-order valence-electron chi connectivity index (χ2n) is 10.4. The lowest BCUT2D eigenvalue weighted by molar-refractivity contribution is 0.320. The van der Waals surface area contributed by atoms with Crippen LogP contribution in [0.3, 0.4) is 0 Å². The summed E-state index contributed by atoms with van der Waals surface area (Å²) in [5.41, 5.74) is 1.04. The van der Waals surface area contributed by atoms with Crippen molar-refractivity contribution in [3.8, 4) is 0 Å². The summed E-state index contributed by atoms with van der Waals surface area (Å²) in [6.45, 7) is 22.8. The van der Waals surface area contributed by atoms with E-state index in [-0.39, 0.29) is 0 Å². The number of hydrogen-bond acceptors (Lipinski definition) is 0. The first-order valence-corrected chi connectivity index (χ1v) is 9.83. The third-order valence-corrected chi connectivity index (χ3v) is 3.54. The van der Waals surface area contributed by atoms with Crippen LogP contribution in [0.5, 0.6) is 0 Å². The fraction of sp³-hybridized carbons (Fsp3) is 1.00. The molecule has 1 rings (SSSR count). The van der Waals surface area contributed by atoms with Gasteiger partial charge in [-0.15, -0.1) is 0 Å². The lowest BCUT2D eigenvalue weighted by Crippen LogP contribution is -2.08. The van der Waals surface area contributed by atoms with E-state index in [2.05, 4.69) is 69.2 Å². The summed E-state index contributed by atoms with van der Waals surface area (Å²) in [5.74, 6) is 1.69. The molecular weight excluding hydrogens is 264 g/mol. The Labute approximate surface area is 143 Å². The fourth-order valence-corrected chi connectivity index (χ4v) is 3.51. The van der Waals surface area contributed by atoms with Gasteiger partial charge in [-0.1, -0.05) is 108 Å². The molecule has 136 valence electrons. The second kappa shape index (κ2) is 12.4. The van der Waals surface area contributed by atoms with Gasteiger partial charge in [-0.2, -0.15) is 0 Å². The molecule has 22 heavy (non-hydrogen) atoms. The van der Waals surface area contributed by atoms with Crippen molar-refractivity contribution in [3.05, 3.63) is 0 Å². The molecule has 0 aliphatic heterocycles. The molecule has 0 radical (unpaired) electrons. The van der Waals surface area contributed by atoms with Crippen molar-refractivity contribution < 1.29 is 0 Å². The van der Waals surface area contributed by atoms with Crippen LogP contribution in [0.25, 0.3) is 0 Å². The maximum Gasteiger partial charge on any atom is -0.0380 e. The summed E-state index contributed by atoms with van der Waals surface area (Å²) in [7, 11) is 0. The highest BCUT2D eigenvalue weighted by Crippen LogP contribution is 2.23. The largest absolute Gasteiger partial charge is 0.0628 e. The summed E-state index contributed by atoms with van der Waals surface area (Å²) in [6, 6.07) is 0. The van der Waals surface area contributed by atoms with Crippen molar-refractivity contribution >= 4 is 0 Å². The number of hydrogen-bond donors (Lipinski definition) is 0. The van der Waals surface area contributed by atoms with Gasteiger partial charge in [-0.05, 0) is 35.5 Å². The molecule has 1 saturated carbocycles. The molecule has 1 aliphatic carbocycles. The Kier molecular flexibility index (Phi) is 13.7. The second-order valence-corrected chi connectivity index (χ2v) is 10.4. The van der Waals surface area contributed by atoms with E-state index in [1.165, 1.54) is 51.4 Å². The van der Waals surface area contributed by atoms with Crippen LogP contribution in [0.4, 0.5) is 0 Å². The third-order valence-electron chi connectivity index (χ3n) is 3.54. The molecule has 0 unspecified atom stereocenters. The molecule has 0 N–H and O–H groups in total. The lowest BCUT2D eigenvalue weighted by atomic mass is 9.86. The molecule has 0 heterocycles. The molecular formula is C22H48. The van der Waals surface area contributed by atoms with Gasteiger partial charge in [0.2, 0.25) is 0 Å². The summed E-state index contributed by atoms with van der Waals surface area (Å²) in [4.78, 5) is 0. The van der Waals surface area contributed by atoms with Crippen molar-refractivity contribution in [2.45, 2.75) is 121 Å². The molecule has 0 heteroatoms. The zero-order valence-electron chi connectivity index (χ0n) is 17.8. The first-order chi connectivity index (χ1) is 9.83. The molecule has 0 nitrogen and oxygen atoms in total. The Balaban J connectivity index is 0. The Morgan fingerprint density at radius 2 is 0.682 bits per heavy atom. The smallest absolute Gasteiger partial charge is 0.0380 e. The SMILES string of the molecule is C1CCCCC1.CC(C)CC(C)(C)C.CC(C)CC(C)(C)C. The number of rotatable bonds is 2. The van der Waals surface area contributed by atoms with E-state index >= 15 is 0 Å². The maximum atomic E-state index is 2.28. The molecule has 0 saturated heterocycles. The van der Waals surface area contributed by atoms with E-state index in [1.54, 1.807) is 0 Å². The van der Waals surface area contributed by atoms with Gasteiger partial charge in [0.05, 0.1) is 0 Å². The van der Waals surface area contributed by atoms with Crippen molar-refractivity contribution in [2.75, 3.05) is 0 Å². The fourth-order valence-electron chi connectivity index (χ4n) is 3.51. The van der Waals surface area contributed by atoms with Gasteiger partial charge >= 0.3 is 0 Å². The Morgan fingerprint density at radius 1 is 0.500 bits per heavy atom. The minimum atomic E-state index is 0.522. The minimum Gasteiger partial charge on any atom is -0.0628 e. The van der Waals surface area contributed by atoms with E-state index in [9.17, 15) is 0 Å². The highest BCUT2D eigenvalue weighted by molar-refractivity contribution is 4.63. The molecule has 1 fully saturated rings. The van der Waals surface area contributed by atoms with Gasteiger partial charge < -0.3 is 0 Å². The van der Waals surface area contributed by atoms with Crippen LogP contribution in [0.15, 0.2) is 0 Å². The van der Waals surface area contributed by atoms with Crippen molar-refractivity contribution in [1.29, 1.82) is 0 Å². The minimum absolute atomic E-state index is 0.522. The van der Waals surface area contributed by atoms with E-state index in [1.807, 2.05) is 0 Å². The van der Waals surface area contributed by atoms with Gasteiger partial charge in [0, 0.05) is 0 Å². The average Bonchev–Trinajstić information content (AvgIpc) is 2.25. The zero-order valence-corrected chi connectivity index (χ0v) is 17.8. The highest BCUT2D eigenvalue weighted by atomic mass is 14.2. The molecule has 1 aliphatic rings. The van der Waals surface area contributed by atoms with E-state index in [0.29, 0.717) is 10.8 Å². The van der Waals surface area contributed by atoms with Gasteiger partial charge in [0.15, 0.2) is 0 Å². The summed E-state index contributed by atoms with van der Waals surface area (Å²) in [5, 5.41) is 0. The third kappa shape index (κ3) is 28.2. The van der Waals surface area contributed by atoms with Gasteiger partial charge in [0.25, 0.3) is 0 Å². The molecule has 0 atom stereocenters.